The molecule has 0 spiro atoms. The third-order valence-corrected chi connectivity index (χ3v) is 5.97. The molecule has 1 N–H and O–H groups in total. The molecule has 0 atom stereocenters. The van der Waals surface area contributed by atoms with Gasteiger partial charge < -0.3 is 14.8 Å². The topological polar surface area (TPSA) is 60.5 Å². The number of thiazole rings is 1. The van der Waals surface area contributed by atoms with E-state index in [1.165, 1.54) is 7.11 Å². The summed E-state index contributed by atoms with van der Waals surface area (Å²) in [4.78, 5) is 15.8. The SMILES string of the molecule is COc1cccc(-c2nc(C(F)(F)F)c(C(=O)NCCc3ccc4c(c3)CCO4)s2)c1. The van der Waals surface area contributed by atoms with Crippen molar-refractivity contribution in [2.24, 2.45) is 0 Å². The van der Waals surface area contributed by atoms with Crippen LogP contribution in [0, 0.1) is 0 Å². The molecule has 5 nitrogen and oxygen atoms in total. The lowest BCUT2D eigenvalue weighted by Crippen LogP contribution is -2.27. The quantitative estimate of drug-likeness (QED) is 0.592. The van der Waals surface area contributed by atoms with Crippen molar-refractivity contribution >= 4 is 17.2 Å². The highest BCUT2D eigenvalue weighted by Crippen LogP contribution is 2.38. The Labute approximate surface area is 180 Å². The van der Waals surface area contributed by atoms with Crippen LogP contribution in [0.1, 0.15) is 26.5 Å². The van der Waals surface area contributed by atoms with Crippen molar-refractivity contribution < 1.29 is 27.4 Å². The number of carbonyl (C=O) groups is 1. The first-order chi connectivity index (χ1) is 14.8. The minimum absolute atomic E-state index is 0.106. The summed E-state index contributed by atoms with van der Waals surface area (Å²) in [5.41, 5.74) is 1.37. The second-order valence-corrected chi connectivity index (χ2v) is 7.97. The maximum absolute atomic E-state index is 13.5. The molecule has 4 rings (SSSR count). The van der Waals surface area contributed by atoms with E-state index in [1.54, 1.807) is 24.3 Å². The zero-order chi connectivity index (χ0) is 22.0. The van der Waals surface area contributed by atoms with Gasteiger partial charge in [-0.15, -0.1) is 11.3 Å². The number of fused-ring (bicyclic) bond motifs is 1. The average Bonchev–Trinajstić information content (AvgIpc) is 3.40. The summed E-state index contributed by atoms with van der Waals surface area (Å²) in [5, 5.41) is 2.70. The zero-order valence-corrected chi connectivity index (χ0v) is 17.4. The third kappa shape index (κ3) is 4.66. The maximum Gasteiger partial charge on any atom is 0.435 e. The van der Waals surface area contributed by atoms with Crippen LogP contribution in [0.5, 0.6) is 11.5 Å². The number of hydrogen-bond donors (Lipinski definition) is 1. The van der Waals surface area contributed by atoms with Crippen molar-refractivity contribution in [3.8, 4) is 22.1 Å². The molecular formula is C22H19F3N2O3S. The number of alkyl halides is 3. The molecule has 0 saturated carbocycles. The van der Waals surface area contributed by atoms with Crippen molar-refractivity contribution in [2.45, 2.75) is 19.0 Å². The summed E-state index contributed by atoms with van der Waals surface area (Å²) in [5.74, 6) is 0.563. The van der Waals surface area contributed by atoms with Crippen LogP contribution in [-0.2, 0) is 19.0 Å². The standard InChI is InChI=1S/C22H19F3N2O3S/c1-29-16-4-2-3-15(12-16)21-27-19(22(23,24)25)18(31-21)20(28)26-9-7-13-5-6-17-14(11-13)8-10-30-17/h2-6,11-12H,7-10H2,1H3,(H,26,28). The summed E-state index contributed by atoms with van der Waals surface area (Å²) < 4.78 is 51.2. The molecule has 1 amide bonds. The van der Waals surface area contributed by atoms with E-state index in [-0.39, 0.29) is 11.6 Å². The molecular weight excluding hydrogens is 429 g/mol. The summed E-state index contributed by atoms with van der Waals surface area (Å²) in [6, 6.07) is 12.3. The lowest BCUT2D eigenvalue weighted by Gasteiger charge is -2.08. The van der Waals surface area contributed by atoms with E-state index in [1.807, 2.05) is 18.2 Å². The van der Waals surface area contributed by atoms with Crippen molar-refractivity contribution in [3.05, 3.63) is 64.2 Å². The second-order valence-electron chi connectivity index (χ2n) is 6.97. The molecule has 2 heterocycles. The smallest absolute Gasteiger partial charge is 0.435 e. The number of ether oxygens (including phenoxy) is 2. The number of benzene rings is 2. The molecule has 0 aliphatic carbocycles. The van der Waals surface area contributed by atoms with Gasteiger partial charge >= 0.3 is 6.18 Å². The van der Waals surface area contributed by atoms with Crippen LogP contribution >= 0.6 is 11.3 Å². The molecule has 0 radical (unpaired) electrons. The minimum atomic E-state index is -4.74. The van der Waals surface area contributed by atoms with Crippen LogP contribution in [0.15, 0.2) is 42.5 Å². The van der Waals surface area contributed by atoms with Gasteiger partial charge in [0.05, 0.1) is 13.7 Å². The summed E-state index contributed by atoms with van der Waals surface area (Å²) in [6.45, 7) is 0.860. The second kappa shape index (κ2) is 8.58. The molecule has 0 unspecified atom stereocenters. The Bertz CT molecular complexity index is 1110. The Balaban J connectivity index is 1.50. The molecule has 9 heteroatoms. The molecule has 0 bridgehead atoms. The van der Waals surface area contributed by atoms with E-state index in [0.717, 1.165) is 23.3 Å². The van der Waals surface area contributed by atoms with E-state index in [0.29, 0.717) is 35.7 Å². The van der Waals surface area contributed by atoms with Gasteiger partial charge in [0.15, 0.2) is 5.69 Å². The Hall–Kier alpha value is -3.07. The van der Waals surface area contributed by atoms with Crippen molar-refractivity contribution in [1.82, 2.24) is 10.3 Å². The van der Waals surface area contributed by atoms with Gasteiger partial charge in [0.25, 0.3) is 5.91 Å². The number of nitrogens with one attached hydrogen (secondary N) is 1. The number of carbonyl (C=O) groups excluding carboxylic acids is 1. The predicted molar refractivity (Wildman–Crippen MR) is 111 cm³/mol. The Morgan fingerprint density at radius 2 is 2.10 bits per heavy atom. The van der Waals surface area contributed by atoms with E-state index in [9.17, 15) is 18.0 Å². The number of halogens is 3. The fourth-order valence-electron chi connectivity index (χ4n) is 3.34. The molecule has 162 valence electrons. The Kier molecular flexibility index (Phi) is 5.86. The van der Waals surface area contributed by atoms with Crippen LogP contribution in [-0.4, -0.2) is 31.2 Å². The first-order valence-corrected chi connectivity index (χ1v) is 10.4. The van der Waals surface area contributed by atoms with Gasteiger partial charge in [-0.25, -0.2) is 4.98 Å². The number of nitrogens with zero attached hydrogens (tertiary/aromatic N) is 1. The zero-order valence-electron chi connectivity index (χ0n) is 16.6. The molecule has 2 aromatic carbocycles. The molecule has 1 aromatic heterocycles. The number of amides is 1. The van der Waals surface area contributed by atoms with Crippen molar-refractivity contribution in [2.75, 3.05) is 20.3 Å². The number of methoxy groups -OCH3 is 1. The van der Waals surface area contributed by atoms with Gasteiger partial charge in [0, 0.05) is 18.5 Å². The molecule has 3 aromatic rings. The average molecular weight is 448 g/mol. The first-order valence-electron chi connectivity index (χ1n) is 9.60. The third-order valence-electron chi connectivity index (χ3n) is 4.87. The minimum Gasteiger partial charge on any atom is -0.497 e. The van der Waals surface area contributed by atoms with E-state index in [2.05, 4.69) is 10.3 Å². The summed E-state index contributed by atoms with van der Waals surface area (Å²) >= 11 is 0.714. The van der Waals surface area contributed by atoms with Gasteiger partial charge in [-0.3, -0.25) is 4.79 Å². The fraction of sp³-hybridized carbons (Fsp3) is 0.273. The normalized spacial score (nSPS) is 12.9. The van der Waals surface area contributed by atoms with E-state index >= 15 is 0 Å². The molecule has 0 fully saturated rings. The van der Waals surface area contributed by atoms with Gasteiger partial charge in [-0.2, -0.15) is 13.2 Å². The van der Waals surface area contributed by atoms with E-state index < -0.39 is 22.7 Å². The predicted octanol–water partition coefficient (Wildman–Crippen LogP) is 4.74. The monoisotopic (exact) mass is 448 g/mol. The lowest BCUT2D eigenvalue weighted by atomic mass is 10.1. The molecule has 1 aliphatic heterocycles. The number of rotatable bonds is 6. The van der Waals surface area contributed by atoms with Gasteiger partial charge in [-0.1, -0.05) is 24.3 Å². The molecule has 31 heavy (non-hydrogen) atoms. The van der Waals surface area contributed by atoms with Crippen molar-refractivity contribution in [1.29, 1.82) is 0 Å². The summed E-state index contributed by atoms with van der Waals surface area (Å²) in [6.07, 6.45) is -3.40. The lowest BCUT2D eigenvalue weighted by molar-refractivity contribution is -0.141. The first kappa shape index (κ1) is 21.2. The Morgan fingerprint density at radius 1 is 1.26 bits per heavy atom. The fourth-order valence-corrected chi connectivity index (χ4v) is 4.34. The Morgan fingerprint density at radius 3 is 2.87 bits per heavy atom. The molecule has 1 aliphatic rings. The highest BCUT2D eigenvalue weighted by atomic mass is 32.1. The van der Waals surface area contributed by atoms with Gasteiger partial charge in [0.1, 0.15) is 21.4 Å². The van der Waals surface area contributed by atoms with Crippen molar-refractivity contribution in [3.63, 3.8) is 0 Å². The van der Waals surface area contributed by atoms with Gasteiger partial charge in [0.2, 0.25) is 0 Å². The highest BCUT2D eigenvalue weighted by Gasteiger charge is 2.39. The van der Waals surface area contributed by atoms with Crippen LogP contribution in [0.4, 0.5) is 13.2 Å². The largest absolute Gasteiger partial charge is 0.497 e. The number of hydrogen-bond acceptors (Lipinski definition) is 5. The van der Waals surface area contributed by atoms with Crippen LogP contribution in [0.3, 0.4) is 0 Å². The van der Waals surface area contributed by atoms with Crippen LogP contribution in [0.2, 0.25) is 0 Å². The van der Waals surface area contributed by atoms with Crippen LogP contribution in [0.25, 0.3) is 10.6 Å². The van der Waals surface area contributed by atoms with Gasteiger partial charge in [-0.05, 0) is 35.7 Å². The number of aromatic nitrogens is 1. The highest BCUT2D eigenvalue weighted by molar-refractivity contribution is 7.17. The summed E-state index contributed by atoms with van der Waals surface area (Å²) in [7, 11) is 1.47. The van der Waals surface area contributed by atoms with E-state index in [4.69, 9.17) is 9.47 Å². The molecule has 0 saturated heterocycles. The van der Waals surface area contributed by atoms with Crippen LogP contribution < -0.4 is 14.8 Å². The maximum atomic E-state index is 13.5.